The summed E-state index contributed by atoms with van der Waals surface area (Å²) in [4.78, 5) is 14.2. The van der Waals surface area contributed by atoms with Crippen molar-refractivity contribution in [3.63, 3.8) is 0 Å². The summed E-state index contributed by atoms with van der Waals surface area (Å²) in [6.07, 6.45) is 2.95. The molecule has 1 saturated carbocycles. The number of halogens is 3. The third-order valence-electron chi connectivity index (χ3n) is 6.11. The van der Waals surface area contributed by atoms with Crippen molar-refractivity contribution >= 4 is 41.1 Å². The molecular weight excluding hydrogens is 413 g/mol. The Morgan fingerprint density at radius 2 is 1.71 bits per heavy atom. The van der Waals surface area contributed by atoms with E-state index in [0.717, 1.165) is 42.8 Å². The average molecular weight is 439 g/mol. The van der Waals surface area contributed by atoms with Crippen molar-refractivity contribution in [2.24, 2.45) is 11.8 Å². The van der Waals surface area contributed by atoms with E-state index in [1.807, 2.05) is 30.3 Å². The third-order valence-corrected chi connectivity index (χ3v) is 6.92. The summed E-state index contributed by atoms with van der Waals surface area (Å²) in [5.41, 5.74) is 2.32. The molecule has 0 spiro atoms. The molecule has 1 aliphatic carbocycles. The molecule has 2 aromatic carbocycles. The van der Waals surface area contributed by atoms with Gasteiger partial charge < -0.3 is 9.69 Å². The van der Waals surface area contributed by atoms with Gasteiger partial charge in [-0.1, -0.05) is 59.9 Å². The molecule has 0 bridgehead atoms. The van der Waals surface area contributed by atoms with Crippen LogP contribution in [0.2, 0.25) is 15.1 Å². The van der Waals surface area contributed by atoms with Crippen molar-refractivity contribution in [1.29, 1.82) is 0 Å². The van der Waals surface area contributed by atoms with Crippen molar-refractivity contribution in [3.8, 4) is 0 Å². The van der Waals surface area contributed by atoms with E-state index in [-0.39, 0.29) is 23.7 Å². The van der Waals surface area contributed by atoms with Crippen LogP contribution < -0.4 is 0 Å². The highest BCUT2D eigenvalue weighted by atomic mass is 35.5. The van der Waals surface area contributed by atoms with Gasteiger partial charge in [0.15, 0.2) is 0 Å². The Hall–Kier alpha value is -1.06. The maximum Gasteiger partial charge on any atom is 0.123 e. The number of carbonyl (C=O) groups is 1. The first-order chi connectivity index (χ1) is 13.4. The molecule has 150 valence electrons. The van der Waals surface area contributed by atoms with Crippen LogP contribution in [-0.4, -0.2) is 31.3 Å². The molecule has 28 heavy (non-hydrogen) atoms. The predicted octanol–water partition coefficient (Wildman–Crippen LogP) is 6.69. The number of rotatable bonds is 6. The van der Waals surface area contributed by atoms with Crippen molar-refractivity contribution < 1.29 is 4.79 Å². The van der Waals surface area contributed by atoms with Gasteiger partial charge in [-0.25, -0.2) is 0 Å². The lowest BCUT2D eigenvalue weighted by Crippen LogP contribution is -2.40. The van der Waals surface area contributed by atoms with E-state index in [0.29, 0.717) is 10.0 Å². The van der Waals surface area contributed by atoms with E-state index in [1.54, 1.807) is 0 Å². The summed E-state index contributed by atoms with van der Waals surface area (Å²) in [7, 11) is 2.11. The second-order valence-electron chi connectivity index (χ2n) is 7.75. The van der Waals surface area contributed by atoms with Crippen LogP contribution in [0.5, 0.6) is 0 Å². The largest absolute Gasteiger partial charge is 0.306 e. The highest BCUT2D eigenvalue weighted by Crippen LogP contribution is 2.51. The summed E-state index contributed by atoms with van der Waals surface area (Å²) in [6.45, 7) is 3.96. The maximum absolute atomic E-state index is 11.9. The Labute approximate surface area is 182 Å². The minimum absolute atomic E-state index is 0.0389. The lowest BCUT2D eigenvalue weighted by atomic mass is 9.62. The summed E-state index contributed by atoms with van der Waals surface area (Å²) >= 11 is 18.9. The average Bonchev–Trinajstić information content (AvgIpc) is 2.68. The topological polar surface area (TPSA) is 20.3 Å². The number of nitrogens with zero attached hydrogens (tertiary/aromatic N) is 1. The predicted molar refractivity (Wildman–Crippen MR) is 119 cm³/mol. The molecule has 0 amide bonds. The summed E-state index contributed by atoms with van der Waals surface area (Å²) < 4.78 is 0. The number of aldehydes is 1. The molecule has 0 aliphatic heterocycles. The van der Waals surface area contributed by atoms with Gasteiger partial charge in [0.2, 0.25) is 0 Å². The molecule has 4 unspecified atom stereocenters. The highest BCUT2D eigenvalue weighted by molar-refractivity contribution is 6.35. The molecule has 0 aromatic heterocycles. The first-order valence-corrected chi connectivity index (χ1v) is 10.9. The monoisotopic (exact) mass is 437 g/mol. The first-order valence-electron chi connectivity index (χ1n) is 9.78. The fourth-order valence-electron chi connectivity index (χ4n) is 4.55. The van der Waals surface area contributed by atoms with Gasteiger partial charge in [-0.2, -0.15) is 0 Å². The van der Waals surface area contributed by atoms with Crippen LogP contribution >= 0.6 is 34.8 Å². The molecule has 1 aliphatic rings. The Morgan fingerprint density at radius 1 is 1.04 bits per heavy atom. The molecule has 2 nitrogen and oxygen atoms in total. The smallest absolute Gasteiger partial charge is 0.123 e. The normalized spacial score (nSPS) is 25.1. The maximum atomic E-state index is 11.9. The van der Waals surface area contributed by atoms with Crippen molar-refractivity contribution in [1.82, 2.24) is 4.90 Å². The molecule has 0 heterocycles. The molecule has 4 atom stereocenters. The fraction of sp³-hybridized carbons (Fsp3) is 0.435. The van der Waals surface area contributed by atoms with Crippen LogP contribution in [0.4, 0.5) is 0 Å². The van der Waals surface area contributed by atoms with Crippen LogP contribution in [0.1, 0.15) is 42.7 Å². The summed E-state index contributed by atoms with van der Waals surface area (Å²) in [5.74, 6) is 0.678. The Bertz CT molecular complexity index is 808. The van der Waals surface area contributed by atoms with Gasteiger partial charge in [-0.15, -0.1) is 0 Å². The second-order valence-corrected chi connectivity index (χ2v) is 9.03. The van der Waals surface area contributed by atoms with Crippen LogP contribution in [-0.2, 0) is 4.79 Å². The van der Waals surface area contributed by atoms with E-state index >= 15 is 0 Å². The lowest BCUT2D eigenvalue weighted by molar-refractivity contribution is -0.114. The second kappa shape index (κ2) is 9.63. The Kier molecular flexibility index (Phi) is 7.44. The van der Waals surface area contributed by atoms with Crippen molar-refractivity contribution in [2.45, 2.75) is 31.6 Å². The van der Waals surface area contributed by atoms with Gasteiger partial charge in [0, 0.05) is 27.5 Å². The van der Waals surface area contributed by atoms with Gasteiger partial charge >= 0.3 is 0 Å². The zero-order valence-corrected chi connectivity index (χ0v) is 18.5. The number of benzene rings is 2. The quantitative estimate of drug-likeness (QED) is 0.468. The molecule has 1 fully saturated rings. The summed E-state index contributed by atoms with van der Waals surface area (Å²) in [6, 6.07) is 13.8. The highest BCUT2D eigenvalue weighted by Gasteiger charge is 2.41. The van der Waals surface area contributed by atoms with Crippen LogP contribution in [0.25, 0.3) is 0 Å². The van der Waals surface area contributed by atoms with E-state index < -0.39 is 0 Å². The van der Waals surface area contributed by atoms with Crippen LogP contribution in [0.3, 0.4) is 0 Å². The molecule has 5 heteroatoms. The minimum Gasteiger partial charge on any atom is -0.306 e. The molecule has 0 saturated heterocycles. The van der Waals surface area contributed by atoms with Crippen LogP contribution in [0, 0.1) is 11.8 Å². The van der Waals surface area contributed by atoms with Crippen molar-refractivity contribution in [3.05, 3.63) is 68.7 Å². The Balaban J connectivity index is 2.08. The van der Waals surface area contributed by atoms with E-state index in [4.69, 9.17) is 34.8 Å². The molecule has 2 aromatic rings. The van der Waals surface area contributed by atoms with E-state index in [2.05, 4.69) is 31.0 Å². The fourth-order valence-corrected chi connectivity index (χ4v) is 5.23. The summed E-state index contributed by atoms with van der Waals surface area (Å²) in [5, 5.41) is 2.05. The van der Waals surface area contributed by atoms with Gasteiger partial charge in [0.1, 0.15) is 6.29 Å². The minimum atomic E-state index is 0.0389. The van der Waals surface area contributed by atoms with Gasteiger partial charge in [0.25, 0.3) is 0 Å². The molecular formula is C23H26Cl3NO. The number of carbonyl (C=O) groups excluding carboxylic acids is 1. The van der Waals surface area contributed by atoms with E-state index in [1.165, 1.54) is 5.56 Å². The zero-order chi connectivity index (χ0) is 20.3. The van der Waals surface area contributed by atoms with E-state index in [9.17, 15) is 4.79 Å². The van der Waals surface area contributed by atoms with Gasteiger partial charge in [-0.3, -0.25) is 0 Å². The van der Waals surface area contributed by atoms with Crippen molar-refractivity contribution in [2.75, 3.05) is 20.1 Å². The van der Waals surface area contributed by atoms with Gasteiger partial charge in [-0.05, 0) is 79.6 Å². The molecule has 0 N–H and O–H groups in total. The molecule has 3 rings (SSSR count). The third kappa shape index (κ3) is 4.74. The standard InChI is InChI=1S/C23H26Cl3NO/c1-3-27(2)13-21-16(14-28)6-10-20(19-11-9-18(25)12-22(19)26)23(21)15-4-7-17(24)8-5-15/h4-5,7-9,11-12,14,16,20-21,23H,3,6,10,13H2,1-2H3. The molecule has 0 radical (unpaired) electrons. The Morgan fingerprint density at radius 3 is 2.32 bits per heavy atom. The number of hydrogen-bond donors (Lipinski definition) is 0. The van der Waals surface area contributed by atoms with Crippen LogP contribution in [0.15, 0.2) is 42.5 Å². The lowest BCUT2D eigenvalue weighted by Gasteiger charge is -2.43. The first kappa shape index (κ1) is 21.6. The number of hydrogen-bond acceptors (Lipinski definition) is 2. The SMILES string of the molecule is CCN(C)CC1C(C=O)CCC(c2ccc(Cl)cc2Cl)C1c1ccc(Cl)cc1. The van der Waals surface area contributed by atoms with Gasteiger partial charge in [0.05, 0.1) is 0 Å². The zero-order valence-electron chi connectivity index (χ0n) is 16.2.